The molecular weight excluding hydrogens is 422 g/mol. The van der Waals surface area contributed by atoms with Crippen LogP contribution in [0.3, 0.4) is 0 Å². The van der Waals surface area contributed by atoms with Gasteiger partial charge in [-0.15, -0.1) is 0 Å². The molecule has 0 spiro atoms. The van der Waals surface area contributed by atoms with Crippen LogP contribution < -0.4 is 4.74 Å². The van der Waals surface area contributed by atoms with Gasteiger partial charge in [0, 0.05) is 42.7 Å². The number of nitrogens with zero attached hydrogens (tertiary/aromatic N) is 3. The molecular formula is C22H22F2N4O2S. The van der Waals surface area contributed by atoms with Gasteiger partial charge in [0.05, 0.1) is 7.11 Å². The predicted molar refractivity (Wildman–Crippen MR) is 114 cm³/mol. The van der Waals surface area contributed by atoms with E-state index >= 15 is 0 Å². The highest BCUT2D eigenvalue weighted by atomic mass is 32.1. The Kier molecular flexibility index (Phi) is 6.13. The van der Waals surface area contributed by atoms with E-state index in [1.807, 2.05) is 24.3 Å². The molecule has 9 heteroatoms. The SMILES string of the molecule is COc1ccc(-c2n[nH]c(=S)n2CCC(=O)N(Cc2ccc(F)cc2F)C2CC2)cc1. The highest BCUT2D eigenvalue weighted by Gasteiger charge is 2.33. The number of rotatable bonds is 8. The fourth-order valence-corrected chi connectivity index (χ4v) is 3.70. The lowest BCUT2D eigenvalue weighted by Gasteiger charge is -2.23. The number of amides is 1. The van der Waals surface area contributed by atoms with Crippen molar-refractivity contribution < 1.29 is 18.3 Å². The Morgan fingerprint density at radius 1 is 1.26 bits per heavy atom. The lowest BCUT2D eigenvalue weighted by molar-refractivity contribution is -0.132. The average Bonchev–Trinajstić information content (AvgIpc) is 3.54. The summed E-state index contributed by atoms with van der Waals surface area (Å²) in [5.74, 6) is -0.0195. The first-order valence-corrected chi connectivity index (χ1v) is 10.4. The van der Waals surface area contributed by atoms with Crippen LogP contribution in [0.2, 0.25) is 0 Å². The Labute approximate surface area is 183 Å². The molecule has 0 unspecified atom stereocenters. The van der Waals surface area contributed by atoms with E-state index in [-0.39, 0.29) is 24.9 Å². The van der Waals surface area contributed by atoms with Gasteiger partial charge in [-0.05, 0) is 55.4 Å². The van der Waals surface area contributed by atoms with Crippen molar-refractivity contribution in [2.45, 2.75) is 38.4 Å². The summed E-state index contributed by atoms with van der Waals surface area (Å²) in [6.45, 7) is 0.461. The van der Waals surface area contributed by atoms with Crippen LogP contribution in [0.5, 0.6) is 5.75 Å². The third kappa shape index (κ3) is 4.82. The van der Waals surface area contributed by atoms with E-state index in [4.69, 9.17) is 17.0 Å². The van der Waals surface area contributed by atoms with Crippen LogP contribution in [-0.2, 0) is 17.9 Å². The molecule has 1 heterocycles. The Morgan fingerprint density at radius 3 is 2.65 bits per heavy atom. The van der Waals surface area contributed by atoms with Crippen molar-refractivity contribution in [3.05, 3.63) is 64.4 Å². The van der Waals surface area contributed by atoms with Crippen molar-refractivity contribution in [1.82, 2.24) is 19.7 Å². The molecule has 1 aromatic heterocycles. The molecule has 1 aliphatic carbocycles. The van der Waals surface area contributed by atoms with E-state index in [2.05, 4.69) is 10.2 Å². The summed E-state index contributed by atoms with van der Waals surface area (Å²) in [5, 5.41) is 7.07. The molecule has 1 fully saturated rings. The molecule has 31 heavy (non-hydrogen) atoms. The number of H-pyrrole nitrogens is 1. The topological polar surface area (TPSA) is 63.1 Å². The van der Waals surface area contributed by atoms with E-state index < -0.39 is 11.6 Å². The second-order valence-electron chi connectivity index (χ2n) is 7.47. The number of carbonyl (C=O) groups excluding carboxylic acids is 1. The molecule has 1 saturated carbocycles. The zero-order valence-electron chi connectivity index (χ0n) is 17.0. The third-order valence-corrected chi connectivity index (χ3v) is 5.63. The van der Waals surface area contributed by atoms with Crippen LogP contribution in [0.15, 0.2) is 42.5 Å². The van der Waals surface area contributed by atoms with Gasteiger partial charge in [0.25, 0.3) is 0 Å². The summed E-state index contributed by atoms with van der Waals surface area (Å²) in [4.78, 5) is 14.7. The number of ether oxygens (including phenoxy) is 1. The van der Waals surface area contributed by atoms with Crippen LogP contribution in [0.1, 0.15) is 24.8 Å². The zero-order valence-corrected chi connectivity index (χ0v) is 17.8. The summed E-state index contributed by atoms with van der Waals surface area (Å²) in [6, 6.07) is 10.9. The first-order valence-electron chi connectivity index (χ1n) is 9.99. The van der Waals surface area contributed by atoms with Gasteiger partial charge in [0.15, 0.2) is 10.6 Å². The largest absolute Gasteiger partial charge is 0.497 e. The number of nitrogens with one attached hydrogen (secondary N) is 1. The van der Waals surface area contributed by atoms with E-state index in [0.717, 1.165) is 30.2 Å². The van der Waals surface area contributed by atoms with Crippen molar-refractivity contribution in [3.63, 3.8) is 0 Å². The smallest absolute Gasteiger partial charge is 0.224 e. The molecule has 1 amide bonds. The summed E-state index contributed by atoms with van der Waals surface area (Å²) in [5.41, 5.74) is 1.15. The molecule has 0 aliphatic heterocycles. The van der Waals surface area contributed by atoms with Crippen LogP contribution in [0, 0.1) is 16.4 Å². The van der Waals surface area contributed by atoms with Crippen molar-refractivity contribution in [3.8, 4) is 17.1 Å². The van der Waals surface area contributed by atoms with Gasteiger partial charge >= 0.3 is 0 Å². The molecule has 1 aliphatic rings. The average molecular weight is 445 g/mol. The van der Waals surface area contributed by atoms with Gasteiger partial charge in [-0.3, -0.25) is 14.5 Å². The first kappa shape index (κ1) is 21.2. The molecule has 162 valence electrons. The number of benzene rings is 2. The highest BCUT2D eigenvalue weighted by Crippen LogP contribution is 2.30. The van der Waals surface area contributed by atoms with E-state index in [9.17, 15) is 13.6 Å². The summed E-state index contributed by atoms with van der Waals surface area (Å²) >= 11 is 5.35. The molecule has 0 saturated heterocycles. The van der Waals surface area contributed by atoms with Crippen molar-refractivity contribution >= 4 is 18.1 Å². The minimum atomic E-state index is -0.641. The summed E-state index contributed by atoms with van der Waals surface area (Å²) in [7, 11) is 1.60. The maximum absolute atomic E-state index is 14.1. The summed E-state index contributed by atoms with van der Waals surface area (Å²) in [6.07, 6.45) is 1.96. The van der Waals surface area contributed by atoms with Gasteiger partial charge in [0.2, 0.25) is 5.91 Å². The van der Waals surface area contributed by atoms with Gasteiger partial charge in [-0.1, -0.05) is 6.07 Å². The van der Waals surface area contributed by atoms with Crippen LogP contribution in [0.4, 0.5) is 8.78 Å². The minimum Gasteiger partial charge on any atom is -0.497 e. The fraction of sp³-hybridized carbons (Fsp3) is 0.318. The lowest BCUT2D eigenvalue weighted by atomic mass is 10.1. The van der Waals surface area contributed by atoms with E-state index in [1.165, 1.54) is 12.1 Å². The van der Waals surface area contributed by atoms with Crippen molar-refractivity contribution in [2.75, 3.05) is 7.11 Å². The Hall–Kier alpha value is -3.07. The molecule has 6 nitrogen and oxygen atoms in total. The van der Waals surface area contributed by atoms with Crippen LogP contribution >= 0.6 is 12.2 Å². The Bertz CT molecular complexity index is 1140. The summed E-state index contributed by atoms with van der Waals surface area (Å²) < 4.78 is 34.7. The maximum Gasteiger partial charge on any atom is 0.224 e. The van der Waals surface area contributed by atoms with Crippen LogP contribution in [0.25, 0.3) is 11.4 Å². The number of aromatic amines is 1. The Morgan fingerprint density at radius 2 is 2.00 bits per heavy atom. The van der Waals surface area contributed by atoms with Crippen molar-refractivity contribution in [2.24, 2.45) is 0 Å². The van der Waals surface area contributed by atoms with Gasteiger partial charge in [-0.2, -0.15) is 5.10 Å². The molecule has 0 atom stereocenters. The number of aromatic nitrogens is 3. The molecule has 1 N–H and O–H groups in total. The second kappa shape index (κ2) is 8.97. The molecule has 0 bridgehead atoms. The third-order valence-electron chi connectivity index (χ3n) is 5.32. The van der Waals surface area contributed by atoms with Gasteiger partial charge in [-0.25, -0.2) is 8.78 Å². The van der Waals surface area contributed by atoms with Crippen LogP contribution in [-0.4, -0.2) is 38.7 Å². The van der Waals surface area contributed by atoms with E-state index in [1.54, 1.807) is 16.6 Å². The van der Waals surface area contributed by atoms with Gasteiger partial charge < -0.3 is 9.64 Å². The quantitative estimate of drug-likeness (QED) is 0.521. The lowest BCUT2D eigenvalue weighted by Crippen LogP contribution is -2.33. The number of methoxy groups -OCH3 is 1. The fourth-order valence-electron chi connectivity index (χ4n) is 3.48. The first-order chi connectivity index (χ1) is 15.0. The number of hydrogen-bond acceptors (Lipinski definition) is 4. The normalized spacial score (nSPS) is 13.3. The monoisotopic (exact) mass is 444 g/mol. The molecule has 4 rings (SSSR count). The second-order valence-corrected chi connectivity index (χ2v) is 7.86. The maximum atomic E-state index is 14.1. The molecule has 2 aromatic carbocycles. The van der Waals surface area contributed by atoms with Crippen molar-refractivity contribution in [1.29, 1.82) is 0 Å². The molecule has 3 aromatic rings. The molecule has 0 radical (unpaired) electrons. The number of hydrogen-bond donors (Lipinski definition) is 1. The number of carbonyl (C=O) groups is 1. The standard InChI is InChI=1S/C22H22F2N4O2S/c1-30-18-8-3-14(4-9-18)21-25-26-22(31)27(21)11-10-20(29)28(17-6-7-17)13-15-2-5-16(23)12-19(15)24/h2-5,8-9,12,17H,6-7,10-11,13H2,1H3,(H,26,31). The van der Waals surface area contributed by atoms with E-state index in [0.29, 0.717) is 22.7 Å². The Balaban J connectivity index is 1.48. The zero-order chi connectivity index (χ0) is 22.0. The highest BCUT2D eigenvalue weighted by molar-refractivity contribution is 7.71. The predicted octanol–water partition coefficient (Wildman–Crippen LogP) is 4.48. The number of halogens is 2. The minimum absolute atomic E-state index is 0.0929. The van der Waals surface area contributed by atoms with Gasteiger partial charge in [0.1, 0.15) is 17.4 Å².